The summed E-state index contributed by atoms with van der Waals surface area (Å²) in [6.07, 6.45) is 0. The predicted octanol–water partition coefficient (Wildman–Crippen LogP) is 3.84. The van der Waals surface area contributed by atoms with Crippen LogP contribution in [-0.4, -0.2) is 40.7 Å². The van der Waals surface area contributed by atoms with E-state index in [2.05, 4.69) is 28.8 Å². The van der Waals surface area contributed by atoms with Crippen molar-refractivity contribution in [2.45, 2.75) is 30.8 Å². The van der Waals surface area contributed by atoms with Crippen molar-refractivity contribution in [3.63, 3.8) is 0 Å². The van der Waals surface area contributed by atoms with E-state index in [1.165, 1.54) is 0 Å². The molecule has 0 aromatic heterocycles. The molecule has 158 valence electrons. The van der Waals surface area contributed by atoms with E-state index in [0.29, 0.717) is 23.2 Å². The number of rotatable bonds is 5. The molecule has 0 radical (unpaired) electrons. The van der Waals surface area contributed by atoms with Gasteiger partial charge in [-0.3, -0.25) is 4.72 Å². The molecule has 30 heavy (non-hydrogen) atoms. The molecule has 3 aromatic carbocycles. The van der Waals surface area contributed by atoms with Gasteiger partial charge in [0, 0.05) is 30.6 Å². The fourth-order valence-electron chi connectivity index (χ4n) is 4.16. The SMILES string of the molecule is COc1ccc(NS(=O)(=O)c2cccc3ccccc23)cc1N1C[C@@H](C)N[C@@H](C)C1. The molecule has 2 N–H and O–H groups in total. The molecule has 0 spiro atoms. The average molecular weight is 426 g/mol. The van der Waals surface area contributed by atoms with Gasteiger partial charge in [-0.25, -0.2) is 8.42 Å². The molecule has 3 aromatic rings. The molecule has 0 bridgehead atoms. The number of piperazine rings is 1. The van der Waals surface area contributed by atoms with Gasteiger partial charge in [-0.1, -0.05) is 36.4 Å². The minimum absolute atomic E-state index is 0.266. The van der Waals surface area contributed by atoms with Gasteiger partial charge < -0.3 is 15.0 Å². The number of nitrogens with one attached hydrogen (secondary N) is 2. The molecule has 4 rings (SSSR count). The van der Waals surface area contributed by atoms with E-state index in [-0.39, 0.29) is 4.90 Å². The van der Waals surface area contributed by atoms with Crippen molar-refractivity contribution in [3.8, 4) is 5.75 Å². The lowest BCUT2D eigenvalue weighted by molar-refractivity contribution is 0.391. The Hall–Kier alpha value is -2.77. The fraction of sp³-hybridized carbons (Fsp3) is 0.304. The summed E-state index contributed by atoms with van der Waals surface area (Å²) in [5, 5.41) is 5.10. The maximum atomic E-state index is 13.2. The van der Waals surface area contributed by atoms with Gasteiger partial charge in [-0.2, -0.15) is 0 Å². The summed E-state index contributed by atoms with van der Waals surface area (Å²) in [6.45, 7) is 5.92. The van der Waals surface area contributed by atoms with Gasteiger partial charge in [0.1, 0.15) is 5.75 Å². The van der Waals surface area contributed by atoms with Crippen LogP contribution in [0.25, 0.3) is 10.8 Å². The summed E-state index contributed by atoms with van der Waals surface area (Å²) in [5.74, 6) is 0.726. The van der Waals surface area contributed by atoms with Crippen molar-refractivity contribution in [2.75, 3.05) is 29.8 Å². The number of hydrogen-bond donors (Lipinski definition) is 2. The van der Waals surface area contributed by atoms with Gasteiger partial charge in [0.15, 0.2) is 0 Å². The first-order valence-corrected chi connectivity index (χ1v) is 11.6. The highest BCUT2D eigenvalue weighted by molar-refractivity contribution is 7.93. The highest BCUT2D eigenvalue weighted by Gasteiger charge is 2.24. The van der Waals surface area contributed by atoms with Crippen molar-refractivity contribution in [1.29, 1.82) is 0 Å². The Morgan fingerprint density at radius 2 is 1.70 bits per heavy atom. The van der Waals surface area contributed by atoms with Gasteiger partial charge in [0.05, 0.1) is 23.4 Å². The molecule has 0 amide bonds. The number of methoxy groups -OCH3 is 1. The van der Waals surface area contributed by atoms with E-state index in [0.717, 1.165) is 29.9 Å². The maximum Gasteiger partial charge on any atom is 0.262 e. The van der Waals surface area contributed by atoms with E-state index in [1.807, 2.05) is 42.5 Å². The van der Waals surface area contributed by atoms with E-state index >= 15 is 0 Å². The molecule has 6 nitrogen and oxygen atoms in total. The Bertz CT molecular complexity index is 1150. The Labute approximate surface area is 177 Å². The maximum absolute atomic E-state index is 13.2. The molecule has 0 unspecified atom stereocenters. The molecule has 0 aliphatic carbocycles. The number of sulfonamides is 1. The van der Waals surface area contributed by atoms with Gasteiger partial charge in [-0.15, -0.1) is 0 Å². The van der Waals surface area contributed by atoms with Crippen molar-refractivity contribution >= 4 is 32.2 Å². The first-order valence-electron chi connectivity index (χ1n) is 10.1. The van der Waals surface area contributed by atoms with Crippen LogP contribution < -0.4 is 19.7 Å². The zero-order valence-corrected chi connectivity index (χ0v) is 18.2. The summed E-state index contributed by atoms with van der Waals surface area (Å²) in [4.78, 5) is 2.50. The second-order valence-corrected chi connectivity index (χ2v) is 9.49. The topological polar surface area (TPSA) is 70.7 Å². The molecule has 2 atom stereocenters. The largest absolute Gasteiger partial charge is 0.495 e. The quantitative estimate of drug-likeness (QED) is 0.650. The summed E-state index contributed by atoms with van der Waals surface area (Å²) < 4.78 is 34.7. The Kier molecular flexibility index (Phi) is 5.58. The Morgan fingerprint density at radius 3 is 2.43 bits per heavy atom. The first-order chi connectivity index (χ1) is 14.4. The second kappa shape index (κ2) is 8.16. The third-order valence-corrected chi connectivity index (χ3v) is 6.81. The third-order valence-electron chi connectivity index (χ3n) is 5.37. The molecular weight excluding hydrogens is 398 g/mol. The van der Waals surface area contributed by atoms with E-state index in [1.54, 1.807) is 25.3 Å². The Morgan fingerprint density at radius 1 is 1.00 bits per heavy atom. The van der Waals surface area contributed by atoms with E-state index in [9.17, 15) is 8.42 Å². The molecule has 7 heteroatoms. The first kappa shape index (κ1) is 20.5. The summed E-state index contributed by atoms with van der Waals surface area (Å²) in [6, 6.07) is 18.8. The summed E-state index contributed by atoms with van der Waals surface area (Å²) in [5.41, 5.74) is 1.40. The van der Waals surface area contributed by atoms with Gasteiger partial charge in [0.2, 0.25) is 0 Å². The van der Waals surface area contributed by atoms with Crippen LogP contribution in [0.3, 0.4) is 0 Å². The summed E-state index contributed by atoms with van der Waals surface area (Å²) in [7, 11) is -2.12. The monoisotopic (exact) mass is 425 g/mol. The molecule has 1 heterocycles. The minimum atomic E-state index is -3.75. The zero-order valence-electron chi connectivity index (χ0n) is 17.4. The van der Waals surface area contributed by atoms with Gasteiger partial charge in [-0.05, 0) is 43.5 Å². The third kappa shape index (κ3) is 4.08. The van der Waals surface area contributed by atoms with Crippen LogP contribution in [-0.2, 0) is 10.0 Å². The van der Waals surface area contributed by atoms with Crippen LogP contribution in [0, 0.1) is 0 Å². The van der Waals surface area contributed by atoms with Crippen LogP contribution in [0.4, 0.5) is 11.4 Å². The normalized spacial score (nSPS) is 19.6. The molecule has 1 aliphatic heterocycles. The number of anilines is 2. The van der Waals surface area contributed by atoms with Crippen LogP contribution in [0.2, 0.25) is 0 Å². The van der Waals surface area contributed by atoms with Crippen molar-refractivity contribution in [3.05, 3.63) is 60.7 Å². The number of benzene rings is 3. The standard InChI is InChI=1S/C23H27N3O3S/c1-16-14-26(15-17(2)24-16)21-13-19(11-12-22(21)29-3)25-30(27,28)23-10-6-8-18-7-4-5-9-20(18)23/h4-13,16-17,24-25H,14-15H2,1-3H3/t16-,17+. The van der Waals surface area contributed by atoms with Crippen LogP contribution >= 0.6 is 0 Å². The highest BCUT2D eigenvalue weighted by Crippen LogP contribution is 2.34. The van der Waals surface area contributed by atoms with Crippen LogP contribution in [0.1, 0.15) is 13.8 Å². The lowest BCUT2D eigenvalue weighted by atomic mass is 10.1. The smallest absolute Gasteiger partial charge is 0.262 e. The molecule has 1 saturated heterocycles. The minimum Gasteiger partial charge on any atom is -0.495 e. The van der Waals surface area contributed by atoms with E-state index < -0.39 is 10.0 Å². The number of hydrogen-bond acceptors (Lipinski definition) is 5. The molecule has 1 fully saturated rings. The lowest BCUT2D eigenvalue weighted by Crippen LogP contribution is -2.54. The van der Waals surface area contributed by atoms with Crippen LogP contribution in [0.5, 0.6) is 5.75 Å². The summed E-state index contributed by atoms with van der Waals surface area (Å²) >= 11 is 0. The van der Waals surface area contributed by atoms with Gasteiger partial charge >= 0.3 is 0 Å². The fourth-order valence-corrected chi connectivity index (χ4v) is 5.44. The predicted molar refractivity (Wildman–Crippen MR) is 122 cm³/mol. The van der Waals surface area contributed by atoms with Crippen molar-refractivity contribution in [1.82, 2.24) is 5.32 Å². The van der Waals surface area contributed by atoms with E-state index in [4.69, 9.17) is 4.74 Å². The number of fused-ring (bicyclic) bond motifs is 1. The second-order valence-electron chi connectivity index (χ2n) is 7.84. The van der Waals surface area contributed by atoms with Gasteiger partial charge in [0.25, 0.3) is 10.0 Å². The lowest BCUT2D eigenvalue weighted by Gasteiger charge is -2.38. The molecular formula is C23H27N3O3S. The average Bonchev–Trinajstić information content (AvgIpc) is 2.72. The highest BCUT2D eigenvalue weighted by atomic mass is 32.2. The van der Waals surface area contributed by atoms with Crippen molar-refractivity contribution in [2.24, 2.45) is 0 Å². The molecule has 1 aliphatic rings. The number of nitrogens with zero attached hydrogens (tertiary/aromatic N) is 1. The number of ether oxygens (including phenoxy) is 1. The van der Waals surface area contributed by atoms with Crippen LogP contribution in [0.15, 0.2) is 65.6 Å². The zero-order chi connectivity index (χ0) is 21.3. The van der Waals surface area contributed by atoms with Crippen molar-refractivity contribution < 1.29 is 13.2 Å². The molecule has 0 saturated carbocycles. The Balaban J connectivity index is 1.69.